The van der Waals surface area contributed by atoms with Gasteiger partial charge in [-0.1, -0.05) is 22.0 Å². The Morgan fingerprint density at radius 3 is 2.80 bits per heavy atom. The van der Waals surface area contributed by atoms with Gasteiger partial charge in [0.15, 0.2) is 0 Å². The van der Waals surface area contributed by atoms with Crippen molar-refractivity contribution in [1.29, 1.82) is 0 Å². The van der Waals surface area contributed by atoms with Gasteiger partial charge < -0.3 is 10.1 Å². The van der Waals surface area contributed by atoms with Crippen LogP contribution in [0.1, 0.15) is 17.3 Å². The number of halogens is 2. The predicted molar refractivity (Wildman–Crippen MR) is 78.2 cm³/mol. The molecule has 0 saturated heterocycles. The van der Waals surface area contributed by atoms with Crippen LogP contribution in [-0.4, -0.2) is 24.1 Å². The molecule has 1 aromatic heterocycles. The Labute approximate surface area is 125 Å². The molecule has 0 aliphatic rings. The molecule has 1 unspecified atom stereocenters. The average molecular weight is 340 g/mol. The maximum atomic E-state index is 13.2. The number of methoxy groups -OCH3 is 1. The largest absolute Gasteiger partial charge is 0.481 e. The Morgan fingerprint density at radius 2 is 2.15 bits per heavy atom. The van der Waals surface area contributed by atoms with Gasteiger partial charge >= 0.3 is 0 Å². The van der Waals surface area contributed by atoms with Crippen molar-refractivity contribution in [3.8, 4) is 5.88 Å². The number of ether oxygens (including phenoxy) is 1. The van der Waals surface area contributed by atoms with Crippen LogP contribution in [0.15, 0.2) is 35.1 Å². The number of nitrogens with one attached hydrogen (secondary N) is 1. The van der Waals surface area contributed by atoms with Crippen LogP contribution in [0.3, 0.4) is 0 Å². The van der Waals surface area contributed by atoms with Crippen LogP contribution < -0.4 is 10.1 Å². The van der Waals surface area contributed by atoms with E-state index in [0.717, 1.165) is 15.7 Å². The van der Waals surface area contributed by atoms with Crippen molar-refractivity contribution in [3.63, 3.8) is 0 Å². The zero-order valence-corrected chi connectivity index (χ0v) is 12.8. The molecule has 1 aromatic carbocycles. The number of hydrogen-bond donors (Lipinski definition) is 1. The summed E-state index contributed by atoms with van der Waals surface area (Å²) < 4.78 is 19.0. The van der Waals surface area contributed by atoms with Crippen molar-refractivity contribution in [3.05, 3.63) is 52.1 Å². The van der Waals surface area contributed by atoms with E-state index in [4.69, 9.17) is 4.74 Å². The molecule has 0 saturated carbocycles. The Bertz CT molecular complexity index is 594. The second-order valence-electron chi connectivity index (χ2n) is 4.26. The van der Waals surface area contributed by atoms with Crippen molar-refractivity contribution in [1.82, 2.24) is 15.3 Å². The van der Waals surface area contributed by atoms with E-state index in [0.29, 0.717) is 12.3 Å². The maximum Gasteiger partial charge on any atom is 0.216 e. The van der Waals surface area contributed by atoms with Gasteiger partial charge in [-0.05, 0) is 24.7 Å². The normalized spacial score (nSPS) is 12.2. The van der Waals surface area contributed by atoms with Crippen LogP contribution in [0.25, 0.3) is 0 Å². The smallest absolute Gasteiger partial charge is 0.216 e. The monoisotopic (exact) mass is 339 g/mol. The lowest BCUT2D eigenvalue weighted by molar-refractivity contribution is 0.395. The van der Waals surface area contributed by atoms with E-state index in [1.807, 2.05) is 7.05 Å². The summed E-state index contributed by atoms with van der Waals surface area (Å²) in [5.41, 5.74) is 1.83. The quantitative estimate of drug-likeness (QED) is 0.909. The van der Waals surface area contributed by atoms with Gasteiger partial charge in [-0.15, -0.1) is 0 Å². The molecule has 2 aromatic rings. The van der Waals surface area contributed by atoms with Crippen LogP contribution >= 0.6 is 15.9 Å². The molecule has 0 bridgehead atoms. The molecule has 20 heavy (non-hydrogen) atoms. The molecule has 1 atom stereocenters. The lowest BCUT2D eigenvalue weighted by Gasteiger charge is -2.18. The number of nitrogens with zero attached hydrogens (tertiary/aromatic N) is 2. The van der Waals surface area contributed by atoms with Crippen LogP contribution in [0.4, 0.5) is 4.39 Å². The molecule has 1 heterocycles. The fourth-order valence-electron chi connectivity index (χ4n) is 1.96. The lowest BCUT2D eigenvalue weighted by Crippen LogP contribution is -2.20. The minimum absolute atomic E-state index is 0.0181. The topological polar surface area (TPSA) is 47.0 Å². The van der Waals surface area contributed by atoms with Gasteiger partial charge in [0.05, 0.1) is 7.11 Å². The van der Waals surface area contributed by atoms with Crippen molar-refractivity contribution < 1.29 is 9.13 Å². The van der Waals surface area contributed by atoms with Gasteiger partial charge in [-0.2, -0.15) is 0 Å². The van der Waals surface area contributed by atoms with Crippen molar-refractivity contribution in [2.24, 2.45) is 0 Å². The summed E-state index contributed by atoms with van der Waals surface area (Å²) in [7, 11) is 3.43. The Kier molecular flexibility index (Phi) is 5.03. The van der Waals surface area contributed by atoms with Crippen LogP contribution in [0.5, 0.6) is 5.88 Å². The summed E-state index contributed by atoms with van der Waals surface area (Å²) in [4.78, 5) is 8.21. The molecule has 0 spiro atoms. The minimum atomic E-state index is -0.265. The SMILES string of the molecule is CNC(Cc1cc(OC)ncn1)c1ccc(F)cc1Br. The molecule has 6 heteroatoms. The Morgan fingerprint density at radius 1 is 1.35 bits per heavy atom. The van der Waals surface area contributed by atoms with Gasteiger partial charge in [0.2, 0.25) is 5.88 Å². The van der Waals surface area contributed by atoms with Gasteiger partial charge in [0.1, 0.15) is 12.1 Å². The number of aromatic nitrogens is 2. The number of hydrogen-bond acceptors (Lipinski definition) is 4. The zero-order valence-electron chi connectivity index (χ0n) is 11.2. The van der Waals surface area contributed by atoms with E-state index in [9.17, 15) is 4.39 Å². The van der Waals surface area contributed by atoms with E-state index >= 15 is 0 Å². The number of rotatable bonds is 5. The van der Waals surface area contributed by atoms with Crippen LogP contribution in [0, 0.1) is 5.82 Å². The van der Waals surface area contributed by atoms with Gasteiger partial charge in [0.25, 0.3) is 0 Å². The van der Waals surface area contributed by atoms with E-state index < -0.39 is 0 Å². The Balaban J connectivity index is 2.23. The summed E-state index contributed by atoms with van der Waals surface area (Å²) in [6.07, 6.45) is 2.13. The maximum absolute atomic E-state index is 13.2. The third kappa shape index (κ3) is 3.52. The van der Waals surface area contributed by atoms with E-state index in [2.05, 4.69) is 31.2 Å². The first kappa shape index (κ1) is 14.9. The van der Waals surface area contributed by atoms with E-state index in [1.54, 1.807) is 19.2 Å². The fourth-order valence-corrected chi connectivity index (χ4v) is 2.59. The molecule has 0 radical (unpaired) electrons. The minimum Gasteiger partial charge on any atom is -0.481 e. The van der Waals surface area contributed by atoms with Crippen molar-refractivity contribution >= 4 is 15.9 Å². The van der Waals surface area contributed by atoms with Gasteiger partial charge in [0, 0.05) is 28.7 Å². The summed E-state index contributed by atoms with van der Waals surface area (Å²) in [6, 6.07) is 6.48. The highest BCUT2D eigenvalue weighted by atomic mass is 79.9. The zero-order chi connectivity index (χ0) is 14.5. The summed E-state index contributed by atoms with van der Waals surface area (Å²) in [6.45, 7) is 0. The van der Waals surface area contributed by atoms with Crippen molar-refractivity contribution in [2.45, 2.75) is 12.5 Å². The number of likely N-dealkylation sites (N-methyl/N-ethyl adjacent to an activating group) is 1. The average Bonchev–Trinajstić information content (AvgIpc) is 2.45. The van der Waals surface area contributed by atoms with Crippen molar-refractivity contribution in [2.75, 3.05) is 14.2 Å². The summed E-state index contributed by atoms with van der Waals surface area (Å²) >= 11 is 3.39. The summed E-state index contributed by atoms with van der Waals surface area (Å²) in [5, 5.41) is 3.21. The molecule has 0 aliphatic heterocycles. The molecule has 4 nitrogen and oxygen atoms in total. The lowest BCUT2D eigenvalue weighted by atomic mass is 10.0. The van der Waals surface area contributed by atoms with Crippen LogP contribution in [0.2, 0.25) is 0 Å². The molecule has 0 aliphatic carbocycles. The van der Waals surface area contributed by atoms with E-state index in [-0.39, 0.29) is 11.9 Å². The fraction of sp³-hybridized carbons (Fsp3) is 0.286. The molecule has 0 fully saturated rings. The molecular formula is C14H15BrFN3O. The highest BCUT2D eigenvalue weighted by Gasteiger charge is 2.15. The van der Waals surface area contributed by atoms with Gasteiger partial charge in [-0.3, -0.25) is 0 Å². The molecule has 0 amide bonds. The standard InChI is InChI=1S/C14H15BrFN3O/c1-17-13(11-4-3-9(16)5-12(11)15)6-10-7-14(20-2)19-8-18-10/h3-5,7-8,13,17H,6H2,1-2H3. The molecule has 2 rings (SSSR count). The van der Waals surface area contributed by atoms with Gasteiger partial charge in [-0.25, -0.2) is 14.4 Å². The molecule has 1 N–H and O–H groups in total. The second-order valence-corrected chi connectivity index (χ2v) is 5.12. The van der Waals surface area contributed by atoms with Crippen LogP contribution in [-0.2, 0) is 6.42 Å². The van der Waals surface area contributed by atoms with E-state index in [1.165, 1.54) is 18.5 Å². The summed E-state index contributed by atoms with van der Waals surface area (Å²) in [5.74, 6) is 0.266. The highest BCUT2D eigenvalue weighted by Crippen LogP contribution is 2.26. The third-order valence-electron chi connectivity index (χ3n) is 3.01. The molecule has 106 valence electrons. The Hall–Kier alpha value is -1.53. The first-order chi connectivity index (χ1) is 9.63. The first-order valence-electron chi connectivity index (χ1n) is 6.11. The second kappa shape index (κ2) is 6.76. The molecular weight excluding hydrogens is 325 g/mol. The highest BCUT2D eigenvalue weighted by molar-refractivity contribution is 9.10. The number of benzene rings is 1. The first-order valence-corrected chi connectivity index (χ1v) is 6.90. The predicted octanol–water partition coefficient (Wildman–Crippen LogP) is 2.89. The third-order valence-corrected chi connectivity index (χ3v) is 3.69.